The highest BCUT2D eigenvalue weighted by atomic mass is 16.5. The number of piperidine rings is 1. The minimum Gasteiger partial charge on any atom is -0.481 e. The number of hydrogen-bond donors (Lipinski definition) is 2. The lowest BCUT2D eigenvalue weighted by Gasteiger charge is -2.35. The lowest BCUT2D eigenvalue weighted by atomic mass is 9.87. The molecular formula is C27H32N2O5. The second kappa shape index (κ2) is 10.3. The Morgan fingerprint density at radius 3 is 2.26 bits per heavy atom. The highest BCUT2D eigenvalue weighted by molar-refractivity contribution is 5.80. The normalized spacial score (nSPS) is 20.2. The second-order valence-corrected chi connectivity index (χ2v) is 9.33. The van der Waals surface area contributed by atoms with Crippen LogP contribution in [-0.4, -0.2) is 53.7 Å². The number of fused-ring (bicyclic) bond motifs is 3. The molecule has 0 radical (unpaired) electrons. The van der Waals surface area contributed by atoms with Gasteiger partial charge in [-0.2, -0.15) is 0 Å². The molecule has 2 unspecified atom stereocenters. The molecule has 2 N–H and O–H groups in total. The number of hydrogen-bond acceptors (Lipinski definition) is 4. The van der Waals surface area contributed by atoms with E-state index in [0.29, 0.717) is 25.9 Å². The van der Waals surface area contributed by atoms with Crippen LogP contribution < -0.4 is 5.32 Å². The molecule has 7 nitrogen and oxygen atoms in total. The monoisotopic (exact) mass is 464 g/mol. The number of carboxylic acids is 1. The van der Waals surface area contributed by atoms with Gasteiger partial charge in [0.25, 0.3) is 0 Å². The highest BCUT2D eigenvalue weighted by Gasteiger charge is 2.34. The predicted molar refractivity (Wildman–Crippen MR) is 128 cm³/mol. The maximum atomic E-state index is 12.8. The molecule has 0 saturated carbocycles. The van der Waals surface area contributed by atoms with Crippen molar-refractivity contribution in [3.8, 4) is 11.1 Å². The largest absolute Gasteiger partial charge is 0.481 e. The molecule has 2 aromatic carbocycles. The molecule has 0 bridgehead atoms. The fraction of sp³-hybridized carbons (Fsp3) is 0.444. The summed E-state index contributed by atoms with van der Waals surface area (Å²) in [6.07, 6.45) is 0.695. The number of rotatable bonds is 7. The van der Waals surface area contributed by atoms with Crippen LogP contribution in [0.2, 0.25) is 0 Å². The number of likely N-dealkylation sites (tertiary alicyclic amines) is 1. The van der Waals surface area contributed by atoms with Crippen molar-refractivity contribution in [2.45, 2.75) is 45.1 Å². The Morgan fingerprint density at radius 1 is 1.09 bits per heavy atom. The van der Waals surface area contributed by atoms with Gasteiger partial charge in [-0.25, -0.2) is 4.79 Å². The standard InChI is InChI=1S/C27H32N2O5/c1-3-18(14-25(30)29-13-12-19(26(31)32)17(2)15-29)28-27(33)34-16-24-22-10-6-4-8-20(22)21-9-5-7-11-23(21)24/h4-11,17-19,24H,3,12-16H2,1-2H3,(H,28,33)(H,31,32)/t17?,18-,19?/m1/s1. The first-order valence-electron chi connectivity index (χ1n) is 12.0. The van der Waals surface area contributed by atoms with Crippen molar-refractivity contribution < 1.29 is 24.2 Å². The molecule has 4 rings (SSSR count). The van der Waals surface area contributed by atoms with Crippen molar-refractivity contribution in [2.24, 2.45) is 11.8 Å². The van der Waals surface area contributed by atoms with Crippen LogP contribution in [0.1, 0.15) is 50.2 Å². The van der Waals surface area contributed by atoms with Gasteiger partial charge in [0.2, 0.25) is 5.91 Å². The molecule has 180 valence electrons. The van der Waals surface area contributed by atoms with Gasteiger partial charge < -0.3 is 20.1 Å². The van der Waals surface area contributed by atoms with E-state index in [-0.39, 0.29) is 36.8 Å². The summed E-state index contributed by atoms with van der Waals surface area (Å²) < 4.78 is 5.62. The van der Waals surface area contributed by atoms with Gasteiger partial charge in [0, 0.05) is 31.5 Å². The van der Waals surface area contributed by atoms with Gasteiger partial charge in [-0.1, -0.05) is 62.4 Å². The molecule has 1 heterocycles. The summed E-state index contributed by atoms with van der Waals surface area (Å²) in [4.78, 5) is 38.4. The van der Waals surface area contributed by atoms with Crippen LogP contribution >= 0.6 is 0 Å². The van der Waals surface area contributed by atoms with Crippen LogP contribution in [0, 0.1) is 11.8 Å². The first kappa shape index (κ1) is 23.8. The van der Waals surface area contributed by atoms with E-state index < -0.39 is 18.0 Å². The van der Waals surface area contributed by atoms with Crippen LogP contribution in [0.5, 0.6) is 0 Å². The molecule has 2 aliphatic rings. The Labute approximate surface area is 200 Å². The number of amides is 2. The van der Waals surface area contributed by atoms with Gasteiger partial charge in [-0.3, -0.25) is 9.59 Å². The molecular weight excluding hydrogens is 432 g/mol. The Morgan fingerprint density at radius 2 is 1.71 bits per heavy atom. The van der Waals surface area contributed by atoms with E-state index in [2.05, 4.69) is 29.6 Å². The quantitative estimate of drug-likeness (QED) is 0.638. The molecule has 1 saturated heterocycles. The number of ether oxygens (including phenoxy) is 1. The summed E-state index contributed by atoms with van der Waals surface area (Å²) in [5.74, 6) is -1.39. The van der Waals surface area contributed by atoms with E-state index in [4.69, 9.17) is 4.74 Å². The predicted octanol–water partition coefficient (Wildman–Crippen LogP) is 4.26. The molecule has 1 aliphatic heterocycles. The molecule has 0 aromatic heterocycles. The number of carbonyl (C=O) groups excluding carboxylic acids is 2. The van der Waals surface area contributed by atoms with Gasteiger partial charge in [0.15, 0.2) is 0 Å². The van der Waals surface area contributed by atoms with Crippen molar-refractivity contribution in [1.29, 1.82) is 0 Å². The number of benzene rings is 2. The zero-order valence-corrected chi connectivity index (χ0v) is 19.7. The average molecular weight is 465 g/mol. The van der Waals surface area contributed by atoms with Crippen molar-refractivity contribution in [1.82, 2.24) is 10.2 Å². The van der Waals surface area contributed by atoms with E-state index in [0.717, 1.165) is 11.1 Å². The van der Waals surface area contributed by atoms with Crippen molar-refractivity contribution >= 4 is 18.0 Å². The fourth-order valence-corrected chi connectivity index (χ4v) is 5.18. The number of alkyl carbamates (subject to hydrolysis) is 1. The zero-order valence-electron chi connectivity index (χ0n) is 19.7. The summed E-state index contributed by atoms with van der Waals surface area (Å²) in [7, 11) is 0. The van der Waals surface area contributed by atoms with Crippen LogP contribution in [0.25, 0.3) is 11.1 Å². The summed E-state index contributed by atoms with van der Waals surface area (Å²) in [6, 6.07) is 16.0. The third kappa shape index (κ3) is 4.93. The third-order valence-corrected chi connectivity index (χ3v) is 7.15. The number of carboxylic acid groups (broad SMARTS) is 1. The molecule has 34 heavy (non-hydrogen) atoms. The molecule has 0 spiro atoms. The van der Waals surface area contributed by atoms with E-state index in [1.807, 2.05) is 38.1 Å². The summed E-state index contributed by atoms with van der Waals surface area (Å²) in [6.45, 7) is 4.87. The Hall–Kier alpha value is -3.35. The van der Waals surface area contributed by atoms with Crippen LogP contribution in [-0.2, 0) is 14.3 Å². The number of carbonyl (C=O) groups is 3. The van der Waals surface area contributed by atoms with Gasteiger partial charge in [0.05, 0.1) is 5.92 Å². The van der Waals surface area contributed by atoms with Gasteiger partial charge >= 0.3 is 12.1 Å². The Kier molecular flexibility index (Phi) is 7.20. The summed E-state index contributed by atoms with van der Waals surface area (Å²) in [5, 5.41) is 12.1. The van der Waals surface area contributed by atoms with Gasteiger partial charge in [0.1, 0.15) is 6.61 Å². The van der Waals surface area contributed by atoms with Crippen LogP contribution in [0.4, 0.5) is 4.79 Å². The van der Waals surface area contributed by atoms with Gasteiger partial charge in [-0.05, 0) is 41.0 Å². The van der Waals surface area contributed by atoms with Crippen molar-refractivity contribution in [3.63, 3.8) is 0 Å². The topological polar surface area (TPSA) is 95.9 Å². The van der Waals surface area contributed by atoms with Crippen LogP contribution in [0.15, 0.2) is 48.5 Å². The Balaban J connectivity index is 1.31. The molecule has 2 aromatic rings. The smallest absolute Gasteiger partial charge is 0.407 e. The lowest BCUT2D eigenvalue weighted by molar-refractivity contribution is -0.148. The number of nitrogens with one attached hydrogen (secondary N) is 1. The van der Waals surface area contributed by atoms with Crippen molar-refractivity contribution in [3.05, 3.63) is 59.7 Å². The van der Waals surface area contributed by atoms with E-state index in [9.17, 15) is 19.5 Å². The highest BCUT2D eigenvalue weighted by Crippen LogP contribution is 2.44. The first-order valence-corrected chi connectivity index (χ1v) is 12.0. The minimum absolute atomic E-state index is 0.0168. The maximum Gasteiger partial charge on any atom is 0.407 e. The average Bonchev–Trinajstić information content (AvgIpc) is 3.15. The molecule has 2 amide bonds. The SMILES string of the molecule is CC[C@H](CC(=O)N1CCC(C(=O)O)C(C)C1)NC(=O)OCC1c2ccccc2-c2ccccc21. The van der Waals surface area contributed by atoms with E-state index >= 15 is 0 Å². The lowest BCUT2D eigenvalue weighted by Crippen LogP contribution is -2.47. The van der Waals surface area contributed by atoms with Crippen LogP contribution in [0.3, 0.4) is 0 Å². The minimum atomic E-state index is -0.803. The van der Waals surface area contributed by atoms with E-state index in [1.165, 1.54) is 11.1 Å². The third-order valence-electron chi connectivity index (χ3n) is 7.15. The molecule has 1 fully saturated rings. The molecule has 3 atom stereocenters. The molecule has 7 heteroatoms. The fourth-order valence-electron chi connectivity index (χ4n) is 5.18. The Bertz CT molecular complexity index is 1020. The zero-order chi connectivity index (χ0) is 24.2. The molecule has 1 aliphatic carbocycles. The van der Waals surface area contributed by atoms with E-state index in [1.54, 1.807) is 4.90 Å². The number of aliphatic carboxylic acids is 1. The number of nitrogens with zero attached hydrogens (tertiary/aromatic N) is 1. The first-order chi connectivity index (χ1) is 16.4. The maximum absolute atomic E-state index is 12.8. The summed E-state index contributed by atoms with van der Waals surface area (Å²) in [5.41, 5.74) is 4.64. The van der Waals surface area contributed by atoms with Gasteiger partial charge in [-0.15, -0.1) is 0 Å². The summed E-state index contributed by atoms with van der Waals surface area (Å²) >= 11 is 0. The second-order valence-electron chi connectivity index (χ2n) is 9.33. The van der Waals surface area contributed by atoms with Crippen molar-refractivity contribution in [2.75, 3.05) is 19.7 Å².